The van der Waals surface area contributed by atoms with Gasteiger partial charge in [-0.1, -0.05) is 12.1 Å². The second-order valence-electron chi connectivity index (χ2n) is 4.60. The average Bonchev–Trinajstić information content (AvgIpc) is 2.50. The standard InChI is InChI=1S/C16H19N3OS/c1-20-15-4-2-3-12(11-15)9-10-18-16(21)19-14-7-5-13(17)6-8-14/h2-8,11H,9-10,17H2,1H3,(H2,18,19,21). The van der Waals surface area contributed by atoms with Crippen LogP contribution in [0.2, 0.25) is 0 Å². The lowest BCUT2D eigenvalue weighted by Crippen LogP contribution is -2.30. The van der Waals surface area contributed by atoms with Gasteiger partial charge in [0, 0.05) is 17.9 Å². The van der Waals surface area contributed by atoms with E-state index in [0.717, 1.165) is 30.1 Å². The molecule has 0 bridgehead atoms. The highest BCUT2D eigenvalue weighted by Gasteiger charge is 1.99. The van der Waals surface area contributed by atoms with E-state index in [2.05, 4.69) is 16.7 Å². The molecule has 0 heterocycles. The number of nitrogens with two attached hydrogens (primary N) is 1. The van der Waals surface area contributed by atoms with E-state index in [0.29, 0.717) is 5.11 Å². The van der Waals surface area contributed by atoms with Crippen LogP contribution in [-0.2, 0) is 6.42 Å². The van der Waals surface area contributed by atoms with E-state index in [1.54, 1.807) is 7.11 Å². The van der Waals surface area contributed by atoms with Crippen molar-refractivity contribution in [2.24, 2.45) is 0 Å². The van der Waals surface area contributed by atoms with Crippen molar-refractivity contribution in [3.05, 3.63) is 54.1 Å². The summed E-state index contributed by atoms with van der Waals surface area (Å²) in [4.78, 5) is 0. The number of nitrogen functional groups attached to an aromatic ring is 1. The summed E-state index contributed by atoms with van der Waals surface area (Å²) in [6, 6.07) is 15.5. The van der Waals surface area contributed by atoms with Crippen molar-refractivity contribution in [2.75, 3.05) is 24.7 Å². The van der Waals surface area contributed by atoms with E-state index in [-0.39, 0.29) is 0 Å². The molecule has 0 spiro atoms. The first-order valence-electron chi connectivity index (χ1n) is 6.71. The predicted octanol–water partition coefficient (Wildman–Crippen LogP) is 2.81. The van der Waals surface area contributed by atoms with Gasteiger partial charge >= 0.3 is 0 Å². The Labute approximate surface area is 130 Å². The molecule has 0 fully saturated rings. The fraction of sp³-hybridized carbons (Fsp3) is 0.188. The highest BCUT2D eigenvalue weighted by atomic mass is 32.1. The summed E-state index contributed by atoms with van der Waals surface area (Å²) >= 11 is 5.25. The molecule has 21 heavy (non-hydrogen) atoms. The van der Waals surface area contributed by atoms with E-state index >= 15 is 0 Å². The van der Waals surface area contributed by atoms with Gasteiger partial charge in [0.2, 0.25) is 0 Å². The van der Waals surface area contributed by atoms with Gasteiger partial charge in [0.15, 0.2) is 5.11 Å². The fourth-order valence-corrected chi connectivity index (χ4v) is 2.11. The quantitative estimate of drug-likeness (QED) is 0.585. The van der Waals surface area contributed by atoms with Gasteiger partial charge in [-0.15, -0.1) is 0 Å². The Morgan fingerprint density at radius 3 is 2.67 bits per heavy atom. The zero-order valence-corrected chi connectivity index (χ0v) is 12.7. The maximum Gasteiger partial charge on any atom is 0.170 e. The summed E-state index contributed by atoms with van der Waals surface area (Å²) in [5.74, 6) is 0.870. The molecule has 0 radical (unpaired) electrons. The summed E-state index contributed by atoms with van der Waals surface area (Å²) < 4.78 is 5.20. The summed E-state index contributed by atoms with van der Waals surface area (Å²) in [5, 5.41) is 6.90. The van der Waals surface area contributed by atoms with Gasteiger partial charge in [-0.2, -0.15) is 0 Å². The zero-order chi connectivity index (χ0) is 15.1. The lowest BCUT2D eigenvalue weighted by Gasteiger charge is -2.11. The monoisotopic (exact) mass is 301 g/mol. The summed E-state index contributed by atoms with van der Waals surface area (Å²) in [5.41, 5.74) is 8.50. The molecule has 4 nitrogen and oxygen atoms in total. The van der Waals surface area contributed by atoms with Gasteiger partial charge in [0.1, 0.15) is 5.75 Å². The van der Waals surface area contributed by atoms with Crippen molar-refractivity contribution >= 4 is 28.7 Å². The van der Waals surface area contributed by atoms with Crippen molar-refractivity contribution in [3.8, 4) is 5.75 Å². The molecule has 0 aromatic heterocycles. The number of rotatable bonds is 5. The van der Waals surface area contributed by atoms with E-state index in [9.17, 15) is 0 Å². The Bertz CT molecular complexity index is 599. The predicted molar refractivity (Wildman–Crippen MR) is 91.8 cm³/mol. The molecule has 0 saturated heterocycles. The summed E-state index contributed by atoms with van der Waals surface area (Å²) in [6.45, 7) is 0.758. The van der Waals surface area contributed by atoms with Crippen LogP contribution in [0.4, 0.5) is 11.4 Å². The first-order chi connectivity index (χ1) is 10.2. The number of methoxy groups -OCH3 is 1. The van der Waals surface area contributed by atoms with Crippen LogP contribution in [0.25, 0.3) is 0 Å². The Hall–Kier alpha value is -2.27. The molecule has 0 aliphatic heterocycles. The molecule has 0 aliphatic rings. The fourth-order valence-electron chi connectivity index (χ4n) is 1.89. The van der Waals surface area contributed by atoms with Crippen molar-refractivity contribution in [2.45, 2.75) is 6.42 Å². The van der Waals surface area contributed by atoms with Crippen LogP contribution in [0.15, 0.2) is 48.5 Å². The number of ether oxygens (including phenoxy) is 1. The normalized spacial score (nSPS) is 9.95. The van der Waals surface area contributed by atoms with Crippen molar-refractivity contribution < 1.29 is 4.74 Å². The van der Waals surface area contributed by atoms with Gasteiger partial charge in [0.05, 0.1) is 7.11 Å². The van der Waals surface area contributed by atoms with E-state index in [1.165, 1.54) is 5.56 Å². The van der Waals surface area contributed by atoms with Crippen LogP contribution in [0.1, 0.15) is 5.56 Å². The number of hydrogen-bond acceptors (Lipinski definition) is 3. The molecule has 4 N–H and O–H groups in total. The van der Waals surface area contributed by atoms with E-state index in [4.69, 9.17) is 22.7 Å². The van der Waals surface area contributed by atoms with Gasteiger partial charge in [-0.25, -0.2) is 0 Å². The molecule has 0 amide bonds. The molecule has 5 heteroatoms. The highest BCUT2D eigenvalue weighted by Crippen LogP contribution is 2.13. The molecular weight excluding hydrogens is 282 g/mol. The summed E-state index contributed by atoms with van der Waals surface area (Å²) in [7, 11) is 1.67. The third-order valence-corrected chi connectivity index (χ3v) is 3.25. The number of benzene rings is 2. The van der Waals surface area contributed by atoms with Crippen molar-refractivity contribution in [1.82, 2.24) is 5.32 Å². The third kappa shape index (κ3) is 4.96. The molecular formula is C16H19N3OS. The number of anilines is 2. The second-order valence-corrected chi connectivity index (χ2v) is 5.01. The van der Waals surface area contributed by atoms with E-state index in [1.807, 2.05) is 42.5 Å². The van der Waals surface area contributed by atoms with Gasteiger partial charge in [-0.3, -0.25) is 0 Å². The Morgan fingerprint density at radius 2 is 1.95 bits per heavy atom. The van der Waals surface area contributed by atoms with E-state index < -0.39 is 0 Å². The summed E-state index contributed by atoms with van der Waals surface area (Å²) in [6.07, 6.45) is 0.876. The minimum Gasteiger partial charge on any atom is -0.497 e. The molecule has 0 atom stereocenters. The van der Waals surface area contributed by atoms with Crippen molar-refractivity contribution in [3.63, 3.8) is 0 Å². The van der Waals surface area contributed by atoms with Crippen LogP contribution < -0.4 is 21.1 Å². The first-order valence-corrected chi connectivity index (χ1v) is 7.11. The zero-order valence-electron chi connectivity index (χ0n) is 11.9. The van der Waals surface area contributed by atoms with Crippen LogP contribution >= 0.6 is 12.2 Å². The molecule has 2 aromatic rings. The van der Waals surface area contributed by atoms with Crippen LogP contribution in [-0.4, -0.2) is 18.8 Å². The molecule has 2 rings (SSSR count). The lowest BCUT2D eigenvalue weighted by molar-refractivity contribution is 0.414. The minimum atomic E-state index is 0.600. The minimum absolute atomic E-state index is 0.600. The van der Waals surface area contributed by atoms with Gasteiger partial charge < -0.3 is 21.1 Å². The van der Waals surface area contributed by atoms with Gasteiger partial charge in [0.25, 0.3) is 0 Å². The topological polar surface area (TPSA) is 59.3 Å². The van der Waals surface area contributed by atoms with Crippen LogP contribution in [0, 0.1) is 0 Å². The Morgan fingerprint density at radius 1 is 1.19 bits per heavy atom. The smallest absolute Gasteiger partial charge is 0.170 e. The Kier molecular flexibility index (Phi) is 5.40. The molecule has 2 aromatic carbocycles. The molecule has 0 aliphatic carbocycles. The van der Waals surface area contributed by atoms with Gasteiger partial charge in [-0.05, 0) is 60.6 Å². The van der Waals surface area contributed by atoms with Crippen LogP contribution in [0.5, 0.6) is 5.75 Å². The third-order valence-electron chi connectivity index (χ3n) is 3.00. The maximum absolute atomic E-state index is 5.64. The SMILES string of the molecule is COc1cccc(CCNC(=S)Nc2ccc(N)cc2)c1. The number of thiocarbonyl (C=S) groups is 1. The highest BCUT2D eigenvalue weighted by molar-refractivity contribution is 7.80. The average molecular weight is 301 g/mol. The van der Waals surface area contributed by atoms with Crippen molar-refractivity contribution in [1.29, 1.82) is 0 Å². The lowest BCUT2D eigenvalue weighted by atomic mass is 10.1. The number of hydrogen-bond donors (Lipinski definition) is 3. The maximum atomic E-state index is 5.64. The molecule has 110 valence electrons. The largest absolute Gasteiger partial charge is 0.497 e. The Balaban J connectivity index is 1.77. The second kappa shape index (κ2) is 7.50. The van der Waals surface area contributed by atoms with Crippen LogP contribution in [0.3, 0.4) is 0 Å². The molecule has 0 unspecified atom stereocenters. The molecule has 0 saturated carbocycles. The first kappa shape index (κ1) is 15.1. The number of nitrogens with one attached hydrogen (secondary N) is 2.